The van der Waals surface area contributed by atoms with Crippen LogP contribution in [0.15, 0.2) is 119 Å². The van der Waals surface area contributed by atoms with Crippen LogP contribution >= 0.6 is 0 Å². The lowest BCUT2D eigenvalue weighted by Crippen LogP contribution is -2.35. The minimum atomic E-state index is -0.722. The number of ether oxygens (including phenoxy) is 2. The van der Waals surface area contributed by atoms with Gasteiger partial charge in [-0.25, -0.2) is 0 Å². The predicted octanol–water partition coefficient (Wildman–Crippen LogP) is 7.32. The second-order valence-corrected chi connectivity index (χ2v) is 11.6. The molecule has 0 aliphatic heterocycles. The molecule has 0 bridgehead atoms. The largest absolute Gasteiger partial charge is 0.491 e. The Hall–Kier alpha value is -4.39. The number of fused-ring (bicyclic) bond motifs is 1. The maximum Gasteiger partial charge on any atom is 0.235 e. The summed E-state index contributed by atoms with van der Waals surface area (Å²) in [4.78, 5) is 15.3. The van der Waals surface area contributed by atoms with E-state index in [2.05, 4.69) is 49.9 Å². The van der Waals surface area contributed by atoms with E-state index in [0.29, 0.717) is 42.1 Å². The average Bonchev–Trinajstić information content (AvgIpc) is 2.98. The standard InChI is InChI=1S/C36H37NO5/c1-36(2,3)28-14-16-30(17-15-28)42-34-25-41-33-20-31(18-19-32(33)35(34)39)40-24-29(38)23-37(21-26-10-6-4-7-11-26)22-27-12-8-5-9-13-27/h4-20,25,29,38H,21-24H2,1-3H3. The molecule has 0 radical (unpaired) electrons. The van der Waals surface area contributed by atoms with Crippen molar-refractivity contribution in [3.8, 4) is 17.2 Å². The van der Waals surface area contributed by atoms with Gasteiger partial charge in [0.05, 0.1) is 5.39 Å². The quantitative estimate of drug-likeness (QED) is 0.182. The van der Waals surface area contributed by atoms with Crippen LogP contribution in [0.2, 0.25) is 0 Å². The van der Waals surface area contributed by atoms with Gasteiger partial charge in [-0.1, -0.05) is 93.6 Å². The molecule has 0 saturated heterocycles. The summed E-state index contributed by atoms with van der Waals surface area (Å²) in [5.74, 6) is 1.19. The highest BCUT2D eigenvalue weighted by Crippen LogP contribution is 2.27. The summed E-state index contributed by atoms with van der Waals surface area (Å²) < 4.78 is 17.5. The molecule has 42 heavy (non-hydrogen) atoms. The molecule has 0 fully saturated rings. The molecule has 6 heteroatoms. The molecule has 4 aromatic carbocycles. The van der Waals surface area contributed by atoms with Crippen LogP contribution in [-0.4, -0.2) is 29.3 Å². The van der Waals surface area contributed by atoms with E-state index in [1.54, 1.807) is 18.2 Å². The van der Waals surface area contributed by atoms with Crippen molar-refractivity contribution in [2.45, 2.75) is 45.4 Å². The van der Waals surface area contributed by atoms with Crippen LogP contribution in [0.1, 0.15) is 37.5 Å². The molecule has 6 nitrogen and oxygen atoms in total. The molecule has 0 spiro atoms. The Kier molecular flexibility index (Phi) is 9.06. The van der Waals surface area contributed by atoms with Crippen LogP contribution in [0.25, 0.3) is 11.0 Å². The predicted molar refractivity (Wildman–Crippen MR) is 166 cm³/mol. The van der Waals surface area contributed by atoms with Gasteiger partial charge in [0.1, 0.15) is 36.1 Å². The zero-order valence-corrected chi connectivity index (χ0v) is 24.3. The van der Waals surface area contributed by atoms with Crippen LogP contribution in [0.5, 0.6) is 17.2 Å². The van der Waals surface area contributed by atoms with Crippen LogP contribution in [0.3, 0.4) is 0 Å². The Morgan fingerprint density at radius 3 is 2.00 bits per heavy atom. The van der Waals surface area contributed by atoms with E-state index in [1.807, 2.05) is 60.7 Å². The number of benzene rings is 4. The highest BCUT2D eigenvalue weighted by Gasteiger charge is 2.16. The highest BCUT2D eigenvalue weighted by molar-refractivity contribution is 5.79. The number of hydrogen-bond donors (Lipinski definition) is 1. The van der Waals surface area contributed by atoms with Gasteiger partial charge in [-0.2, -0.15) is 0 Å². The van der Waals surface area contributed by atoms with Crippen LogP contribution in [0.4, 0.5) is 0 Å². The van der Waals surface area contributed by atoms with Crippen molar-refractivity contribution in [2.75, 3.05) is 13.2 Å². The minimum absolute atomic E-state index is 0.0278. The minimum Gasteiger partial charge on any atom is -0.491 e. The monoisotopic (exact) mass is 563 g/mol. The van der Waals surface area contributed by atoms with Gasteiger partial charge in [-0.3, -0.25) is 9.69 Å². The van der Waals surface area contributed by atoms with Gasteiger partial charge in [0.15, 0.2) is 0 Å². The second kappa shape index (κ2) is 13.1. The van der Waals surface area contributed by atoms with E-state index < -0.39 is 6.10 Å². The zero-order valence-electron chi connectivity index (χ0n) is 24.3. The summed E-state index contributed by atoms with van der Waals surface area (Å²) in [6.07, 6.45) is 0.604. The first-order chi connectivity index (χ1) is 20.2. The molecular weight excluding hydrogens is 526 g/mol. The van der Waals surface area contributed by atoms with Crippen molar-refractivity contribution in [1.82, 2.24) is 4.90 Å². The molecule has 1 N–H and O–H groups in total. The van der Waals surface area contributed by atoms with Crippen molar-refractivity contribution < 1.29 is 19.0 Å². The molecule has 216 valence electrons. The van der Waals surface area contributed by atoms with Crippen LogP contribution in [-0.2, 0) is 18.5 Å². The summed E-state index contributed by atoms with van der Waals surface area (Å²) >= 11 is 0. The van der Waals surface area contributed by atoms with Gasteiger partial charge >= 0.3 is 0 Å². The van der Waals surface area contributed by atoms with Gasteiger partial charge in [0, 0.05) is 25.7 Å². The molecule has 1 heterocycles. The summed E-state index contributed by atoms with van der Waals surface area (Å²) in [5, 5.41) is 11.3. The van der Waals surface area contributed by atoms with Crippen molar-refractivity contribution in [3.63, 3.8) is 0 Å². The number of aliphatic hydroxyl groups excluding tert-OH is 1. The van der Waals surface area contributed by atoms with Gasteiger partial charge in [0.2, 0.25) is 11.2 Å². The second-order valence-electron chi connectivity index (χ2n) is 11.6. The molecule has 1 unspecified atom stereocenters. The highest BCUT2D eigenvalue weighted by atomic mass is 16.5. The maximum atomic E-state index is 13.1. The van der Waals surface area contributed by atoms with Gasteiger partial charge < -0.3 is 19.0 Å². The fraction of sp³-hybridized carbons (Fsp3) is 0.250. The number of aliphatic hydroxyl groups is 1. The molecule has 1 atom stereocenters. The smallest absolute Gasteiger partial charge is 0.235 e. The van der Waals surface area contributed by atoms with E-state index in [4.69, 9.17) is 13.9 Å². The van der Waals surface area contributed by atoms with E-state index >= 15 is 0 Å². The Morgan fingerprint density at radius 1 is 0.810 bits per heavy atom. The average molecular weight is 564 g/mol. The fourth-order valence-electron chi connectivity index (χ4n) is 4.81. The van der Waals surface area contributed by atoms with E-state index in [9.17, 15) is 9.90 Å². The van der Waals surface area contributed by atoms with Gasteiger partial charge in [-0.05, 0) is 46.4 Å². The normalized spacial score (nSPS) is 12.4. The third kappa shape index (κ3) is 7.66. The van der Waals surface area contributed by atoms with Crippen LogP contribution < -0.4 is 14.9 Å². The Morgan fingerprint density at radius 2 is 1.40 bits per heavy atom. The van der Waals surface area contributed by atoms with Crippen LogP contribution in [0, 0.1) is 0 Å². The molecule has 0 saturated carbocycles. The van der Waals surface area contributed by atoms with E-state index in [1.165, 1.54) is 23.0 Å². The van der Waals surface area contributed by atoms with E-state index in [-0.39, 0.29) is 23.2 Å². The summed E-state index contributed by atoms with van der Waals surface area (Å²) in [5.41, 5.74) is 3.68. The number of rotatable bonds is 11. The lowest BCUT2D eigenvalue weighted by Gasteiger charge is -2.25. The van der Waals surface area contributed by atoms with Crippen molar-refractivity contribution >= 4 is 11.0 Å². The Balaban J connectivity index is 1.22. The van der Waals surface area contributed by atoms with Gasteiger partial charge in [-0.15, -0.1) is 0 Å². The molecule has 0 aliphatic rings. The van der Waals surface area contributed by atoms with Crippen molar-refractivity contribution in [3.05, 3.63) is 136 Å². The SMILES string of the molecule is CC(C)(C)c1ccc(Oc2coc3cc(OCC(O)CN(Cc4ccccc4)Cc4ccccc4)ccc3c2=O)cc1. The topological polar surface area (TPSA) is 72.1 Å². The summed E-state index contributed by atoms with van der Waals surface area (Å²) in [7, 11) is 0. The Labute approximate surface area is 246 Å². The van der Waals surface area contributed by atoms with E-state index in [0.717, 1.165) is 0 Å². The van der Waals surface area contributed by atoms with Gasteiger partial charge in [0.25, 0.3) is 0 Å². The summed E-state index contributed by atoms with van der Waals surface area (Å²) in [6.45, 7) is 8.38. The first kappa shape index (κ1) is 29.1. The third-order valence-electron chi connectivity index (χ3n) is 7.07. The Bertz CT molecular complexity index is 1600. The lowest BCUT2D eigenvalue weighted by atomic mass is 9.87. The zero-order chi connectivity index (χ0) is 29.5. The number of nitrogens with zero attached hydrogens (tertiary/aromatic N) is 1. The lowest BCUT2D eigenvalue weighted by molar-refractivity contribution is 0.0628. The van der Waals surface area contributed by atoms with Crippen molar-refractivity contribution in [2.24, 2.45) is 0 Å². The molecule has 1 aromatic heterocycles. The summed E-state index contributed by atoms with van der Waals surface area (Å²) in [6, 6.07) is 33.2. The third-order valence-corrected chi connectivity index (χ3v) is 7.07. The maximum absolute atomic E-state index is 13.1. The molecular formula is C36H37NO5. The van der Waals surface area contributed by atoms with Crippen molar-refractivity contribution in [1.29, 1.82) is 0 Å². The first-order valence-electron chi connectivity index (χ1n) is 14.2. The first-order valence-corrected chi connectivity index (χ1v) is 14.2. The number of hydrogen-bond acceptors (Lipinski definition) is 6. The molecule has 5 aromatic rings. The molecule has 0 aliphatic carbocycles. The molecule has 0 amide bonds. The molecule has 5 rings (SSSR count). The fourth-order valence-corrected chi connectivity index (χ4v) is 4.81.